The Balaban J connectivity index is 1.12. The Kier molecular flexibility index (Phi) is 10.1. The predicted octanol–water partition coefficient (Wildman–Crippen LogP) is 7.42. The number of hydrogen-bond donors (Lipinski definition) is 2. The summed E-state index contributed by atoms with van der Waals surface area (Å²) in [6, 6.07) is 0. The molecule has 1 aliphatic heterocycles. The van der Waals surface area contributed by atoms with Gasteiger partial charge in [0.25, 0.3) is 0 Å². The molecule has 6 aliphatic carbocycles. The molecule has 0 bridgehead atoms. The van der Waals surface area contributed by atoms with Crippen molar-refractivity contribution in [3.63, 3.8) is 0 Å². The van der Waals surface area contributed by atoms with E-state index in [1.54, 1.807) is 6.20 Å². The lowest BCUT2D eigenvalue weighted by Crippen LogP contribution is -2.63. The SMILES string of the molecule is CC(C)C1=C2[C@H]3CC[C@@H]4[C@@]5(C)CC=C(c6cn(CC(=O)O)nn6)C(C)(C)[C@@H]5CC[C@@]4(C)[C@]3(C)CCC[C@](O)(CN(CC3CC3)C(=O)CN3CCCC3)[C@H]2CC1=O. The van der Waals surface area contributed by atoms with Crippen molar-refractivity contribution >= 4 is 23.2 Å². The topological polar surface area (TPSA) is 129 Å². The lowest BCUT2D eigenvalue weighted by Gasteiger charge is -2.70. The van der Waals surface area contributed by atoms with Crippen LogP contribution in [0.4, 0.5) is 0 Å². The lowest BCUT2D eigenvalue weighted by atomic mass is 9.34. The highest BCUT2D eigenvalue weighted by atomic mass is 16.4. The molecule has 0 unspecified atom stereocenters. The molecule has 1 aromatic heterocycles. The van der Waals surface area contributed by atoms with E-state index in [4.69, 9.17) is 0 Å². The monoisotopic (exact) mass is 772 g/mol. The minimum absolute atomic E-state index is 0.0393. The van der Waals surface area contributed by atoms with Crippen molar-refractivity contribution in [1.82, 2.24) is 24.8 Å². The number of carbonyl (C=O) groups is 3. The quantitative estimate of drug-likeness (QED) is 0.252. The van der Waals surface area contributed by atoms with Crippen molar-refractivity contribution in [2.45, 2.75) is 144 Å². The number of rotatable bonds is 10. The maximum absolute atomic E-state index is 14.3. The molecule has 0 aromatic carbocycles. The largest absolute Gasteiger partial charge is 0.480 e. The molecule has 308 valence electrons. The molecule has 2 N–H and O–H groups in total. The Morgan fingerprint density at radius 3 is 2.32 bits per heavy atom. The van der Waals surface area contributed by atoms with Crippen LogP contribution < -0.4 is 0 Å². The van der Waals surface area contributed by atoms with Crippen molar-refractivity contribution in [2.75, 3.05) is 32.7 Å². The van der Waals surface area contributed by atoms with Gasteiger partial charge in [-0.1, -0.05) is 65.3 Å². The molecule has 1 saturated heterocycles. The number of nitrogens with zero attached hydrogens (tertiary/aromatic N) is 5. The van der Waals surface area contributed by atoms with Gasteiger partial charge in [0.15, 0.2) is 5.78 Å². The van der Waals surface area contributed by atoms with Crippen molar-refractivity contribution in [1.29, 1.82) is 0 Å². The zero-order valence-corrected chi connectivity index (χ0v) is 35.4. The Morgan fingerprint density at radius 1 is 0.911 bits per heavy atom. The van der Waals surface area contributed by atoms with Gasteiger partial charge >= 0.3 is 5.97 Å². The van der Waals surface area contributed by atoms with E-state index in [0.29, 0.717) is 43.7 Å². The molecule has 1 aromatic rings. The van der Waals surface area contributed by atoms with Crippen molar-refractivity contribution in [2.24, 2.45) is 57.2 Å². The average Bonchev–Trinajstić information content (AvgIpc) is 3.41. The van der Waals surface area contributed by atoms with Crippen LogP contribution in [0, 0.1) is 57.2 Å². The van der Waals surface area contributed by atoms with Crippen LogP contribution in [0.5, 0.6) is 0 Å². The molecule has 56 heavy (non-hydrogen) atoms. The number of amides is 1. The van der Waals surface area contributed by atoms with Gasteiger partial charge in [-0.05, 0) is 153 Å². The average molecular weight is 772 g/mol. The Hall–Kier alpha value is -2.85. The van der Waals surface area contributed by atoms with E-state index in [0.717, 1.165) is 102 Å². The lowest BCUT2D eigenvalue weighted by molar-refractivity contribution is -0.193. The number of Topliss-reactive ketones (excluding diaryl/α,β-unsaturated/α-hetero) is 1. The zero-order valence-electron chi connectivity index (χ0n) is 35.4. The van der Waals surface area contributed by atoms with E-state index >= 15 is 0 Å². The van der Waals surface area contributed by atoms with Gasteiger partial charge in [-0.15, -0.1) is 5.10 Å². The highest BCUT2D eigenvalue weighted by Crippen LogP contribution is 2.75. The van der Waals surface area contributed by atoms with E-state index in [9.17, 15) is 24.6 Å². The van der Waals surface area contributed by atoms with Crippen LogP contribution in [0.2, 0.25) is 0 Å². The second-order valence-electron chi connectivity index (χ2n) is 21.2. The molecule has 8 rings (SSSR count). The second-order valence-corrected chi connectivity index (χ2v) is 21.2. The van der Waals surface area contributed by atoms with Gasteiger partial charge in [-0.2, -0.15) is 0 Å². The highest BCUT2D eigenvalue weighted by Gasteiger charge is 2.68. The highest BCUT2D eigenvalue weighted by molar-refractivity contribution is 6.00. The molecule has 10 heteroatoms. The molecule has 0 radical (unpaired) electrons. The predicted molar refractivity (Wildman–Crippen MR) is 216 cm³/mol. The molecule has 5 fully saturated rings. The van der Waals surface area contributed by atoms with Crippen molar-refractivity contribution in [3.05, 3.63) is 29.1 Å². The molecule has 1 amide bonds. The number of carbonyl (C=O) groups excluding carboxylic acids is 2. The van der Waals surface area contributed by atoms with Crippen LogP contribution in [-0.2, 0) is 20.9 Å². The Morgan fingerprint density at radius 2 is 1.64 bits per heavy atom. The van der Waals surface area contributed by atoms with Gasteiger partial charge in [0.05, 0.1) is 24.9 Å². The number of aliphatic hydroxyl groups is 1. The maximum atomic E-state index is 14.3. The van der Waals surface area contributed by atoms with Crippen LogP contribution in [0.25, 0.3) is 5.57 Å². The minimum atomic E-state index is -1.12. The first-order valence-corrected chi connectivity index (χ1v) is 22.2. The van der Waals surface area contributed by atoms with E-state index in [1.807, 2.05) is 4.90 Å². The fourth-order valence-corrected chi connectivity index (χ4v) is 14.4. The maximum Gasteiger partial charge on any atom is 0.325 e. The summed E-state index contributed by atoms with van der Waals surface area (Å²) in [6.07, 6.45) is 16.9. The number of ketones is 1. The standard InChI is InChI=1S/C46H69N5O5/c1-29(2)40-35(52)23-33-41(40)32-13-14-37-43(5)19-15-31(34-25-51(48-47-34)27-39(54)55)42(3,4)36(43)16-20-45(37,7)44(32,6)17-10-18-46(33,56)28-50(24-30-11-12-30)38(53)26-49-21-8-9-22-49/h15,25,29-30,32-33,36-37,56H,8-14,16-24,26-28H2,1-7H3,(H,54,55)/t32-,33+,36+,37-,43+,44-,45-,46+/m1/s1. The van der Waals surface area contributed by atoms with Gasteiger partial charge in [-0.25, -0.2) is 4.68 Å². The summed E-state index contributed by atoms with van der Waals surface area (Å²) in [4.78, 5) is 44.0. The summed E-state index contributed by atoms with van der Waals surface area (Å²) in [7, 11) is 0. The number of likely N-dealkylation sites (tertiary alicyclic amines) is 1. The van der Waals surface area contributed by atoms with E-state index in [-0.39, 0.29) is 57.6 Å². The first-order valence-electron chi connectivity index (χ1n) is 22.2. The number of hydrogen-bond acceptors (Lipinski definition) is 7. The molecule has 2 heterocycles. The third kappa shape index (κ3) is 6.46. The van der Waals surface area contributed by atoms with Gasteiger partial charge in [-0.3, -0.25) is 19.3 Å². The Bertz CT molecular complexity index is 1800. The fourth-order valence-electron chi connectivity index (χ4n) is 14.4. The minimum Gasteiger partial charge on any atom is -0.480 e. The number of carboxylic acids is 1. The van der Waals surface area contributed by atoms with Crippen LogP contribution in [0.15, 0.2) is 23.4 Å². The third-order valence-electron chi connectivity index (χ3n) is 17.4. The molecular formula is C46H69N5O5. The van der Waals surface area contributed by atoms with Gasteiger partial charge < -0.3 is 15.1 Å². The molecule has 0 spiro atoms. The van der Waals surface area contributed by atoms with Gasteiger partial charge in [0, 0.05) is 18.9 Å². The molecule has 4 saturated carbocycles. The Labute approximate surface area is 334 Å². The summed E-state index contributed by atoms with van der Waals surface area (Å²) >= 11 is 0. The fraction of sp³-hybridized carbons (Fsp3) is 0.804. The van der Waals surface area contributed by atoms with Crippen molar-refractivity contribution < 1.29 is 24.6 Å². The van der Waals surface area contributed by atoms with Crippen LogP contribution in [0.3, 0.4) is 0 Å². The summed E-state index contributed by atoms with van der Waals surface area (Å²) in [6.45, 7) is 20.0. The summed E-state index contributed by atoms with van der Waals surface area (Å²) in [5.74, 6) is 0.935. The second kappa shape index (κ2) is 14.2. The van der Waals surface area contributed by atoms with Crippen molar-refractivity contribution in [3.8, 4) is 0 Å². The number of aliphatic carboxylic acids is 1. The molecular weight excluding hydrogens is 703 g/mol. The normalized spacial score (nSPS) is 38.3. The first kappa shape index (κ1) is 40.0. The number of carboxylic acid groups (broad SMARTS) is 1. The van der Waals surface area contributed by atoms with Gasteiger partial charge in [0.2, 0.25) is 5.91 Å². The zero-order chi connectivity index (χ0) is 40.0. The molecule has 10 nitrogen and oxygen atoms in total. The van der Waals surface area contributed by atoms with Crippen LogP contribution in [-0.4, -0.2) is 91.0 Å². The van der Waals surface area contributed by atoms with E-state index in [1.165, 1.54) is 15.8 Å². The molecule has 8 atom stereocenters. The smallest absolute Gasteiger partial charge is 0.325 e. The van der Waals surface area contributed by atoms with E-state index in [2.05, 4.69) is 69.8 Å². The number of fused-ring (bicyclic) bond motifs is 7. The summed E-state index contributed by atoms with van der Waals surface area (Å²) < 4.78 is 1.43. The first-order chi connectivity index (χ1) is 26.4. The van der Waals surface area contributed by atoms with Crippen LogP contribution >= 0.6 is 0 Å². The van der Waals surface area contributed by atoms with Gasteiger partial charge in [0.1, 0.15) is 12.2 Å². The van der Waals surface area contributed by atoms with Crippen LogP contribution in [0.1, 0.15) is 138 Å². The third-order valence-corrected chi connectivity index (χ3v) is 17.4. The number of allylic oxidation sites excluding steroid dienone is 3. The summed E-state index contributed by atoms with van der Waals surface area (Å²) in [5.41, 5.74) is 2.97. The number of aromatic nitrogens is 3. The molecule has 7 aliphatic rings. The summed E-state index contributed by atoms with van der Waals surface area (Å²) in [5, 5.41) is 31.1. The van der Waals surface area contributed by atoms with E-state index < -0.39 is 11.6 Å².